The predicted octanol–water partition coefficient (Wildman–Crippen LogP) is 6.66. The number of rotatable bonds is 8. The summed E-state index contributed by atoms with van der Waals surface area (Å²) in [7, 11) is 0. The molecule has 0 aliphatic heterocycles. The first-order chi connectivity index (χ1) is 20.1. The number of hydrogen-bond acceptors (Lipinski definition) is 4. The number of aromatic nitrogens is 2. The molecule has 0 aliphatic carbocycles. The summed E-state index contributed by atoms with van der Waals surface area (Å²) in [5, 5.41) is 23.4. The quantitative estimate of drug-likeness (QED) is 0.211. The number of unbranched alkanes of at least 4 members (excludes halogenated alkanes) is 2. The molecule has 6 nitrogen and oxygen atoms in total. The van der Waals surface area contributed by atoms with Crippen molar-refractivity contribution in [3.05, 3.63) is 141 Å². The van der Waals surface area contributed by atoms with Crippen LogP contribution < -0.4 is 11.1 Å². The van der Waals surface area contributed by atoms with Crippen molar-refractivity contribution in [1.29, 1.82) is 0 Å². The zero-order valence-electron chi connectivity index (χ0n) is 22.5. The standard InChI is InChI=1S/C35H30N2O4/c38-32-26-18-10-12-22-30(26)36(24-14-4-1-5-15-24)34(40)28(32)20-8-3-9-21-29-33(39)27-19-11-13-23-31(27)37(35(29)41)25-16-6-2-7-17-25/h1-2,4-7,10-19,22-23,38-39H,3,8-9,20-21H2. The maximum atomic E-state index is 13.6. The van der Waals surface area contributed by atoms with Crippen molar-refractivity contribution in [2.45, 2.75) is 32.1 Å². The minimum atomic E-state index is -0.231. The third kappa shape index (κ3) is 4.78. The Morgan fingerprint density at radius 1 is 0.463 bits per heavy atom. The van der Waals surface area contributed by atoms with Gasteiger partial charge in [0.1, 0.15) is 11.5 Å². The van der Waals surface area contributed by atoms with Crippen molar-refractivity contribution in [2.24, 2.45) is 0 Å². The number of benzene rings is 4. The Bertz CT molecular complexity index is 1830. The van der Waals surface area contributed by atoms with E-state index in [1.165, 1.54) is 0 Å². The van der Waals surface area contributed by atoms with Crippen molar-refractivity contribution in [2.75, 3.05) is 0 Å². The zero-order chi connectivity index (χ0) is 28.3. The minimum absolute atomic E-state index is 0.0238. The molecule has 0 fully saturated rings. The van der Waals surface area contributed by atoms with Gasteiger partial charge in [-0.3, -0.25) is 18.7 Å². The number of hydrogen-bond donors (Lipinski definition) is 2. The van der Waals surface area contributed by atoms with E-state index >= 15 is 0 Å². The van der Waals surface area contributed by atoms with Crippen molar-refractivity contribution in [1.82, 2.24) is 9.13 Å². The van der Waals surface area contributed by atoms with Gasteiger partial charge < -0.3 is 10.2 Å². The van der Waals surface area contributed by atoms with Crippen molar-refractivity contribution >= 4 is 21.8 Å². The highest BCUT2D eigenvalue weighted by Crippen LogP contribution is 2.31. The molecule has 0 saturated carbocycles. The summed E-state index contributed by atoms with van der Waals surface area (Å²) in [6.07, 6.45) is 2.82. The van der Waals surface area contributed by atoms with Crippen LogP contribution in [0.15, 0.2) is 119 Å². The van der Waals surface area contributed by atoms with Crippen LogP contribution in [0.2, 0.25) is 0 Å². The molecule has 6 rings (SSSR count). The SMILES string of the molecule is O=c1c(CCCCCc2c(O)c3ccccc3n(-c3ccccc3)c2=O)c(O)c2ccccc2n1-c1ccccc1. The highest BCUT2D eigenvalue weighted by molar-refractivity contribution is 5.88. The Kier molecular flexibility index (Phi) is 7.13. The van der Waals surface area contributed by atoms with Gasteiger partial charge in [-0.15, -0.1) is 0 Å². The van der Waals surface area contributed by atoms with Crippen LogP contribution in [0.25, 0.3) is 33.2 Å². The second-order valence-electron chi connectivity index (χ2n) is 10.2. The van der Waals surface area contributed by atoms with Gasteiger partial charge in [-0.1, -0.05) is 67.1 Å². The third-order valence-corrected chi connectivity index (χ3v) is 7.68. The van der Waals surface area contributed by atoms with Crippen LogP contribution in [0.4, 0.5) is 0 Å². The highest BCUT2D eigenvalue weighted by atomic mass is 16.3. The normalized spacial score (nSPS) is 11.3. The van der Waals surface area contributed by atoms with Crippen molar-refractivity contribution in [3.63, 3.8) is 0 Å². The number of nitrogens with zero attached hydrogens (tertiary/aromatic N) is 2. The summed E-state index contributed by atoms with van der Waals surface area (Å²) in [6, 6.07) is 33.6. The van der Waals surface area contributed by atoms with Crippen LogP contribution in [0.3, 0.4) is 0 Å². The molecular weight excluding hydrogens is 512 g/mol. The fourth-order valence-corrected chi connectivity index (χ4v) is 5.65. The fourth-order valence-electron chi connectivity index (χ4n) is 5.65. The summed E-state index contributed by atoms with van der Waals surface area (Å²) < 4.78 is 3.31. The van der Waals surface area contributed by atoms with Gasteiger partial charge in [-0.05, 0) is 74.2 Å². The van der Waals surface area contributed by atoms with E-state index < -0.39 is 0 Å². The first-order valence-electron chi connectivity index (χ1n) is 13.9. The smallest absolute Gasteiger partial charge is 0.262 e. The Labute approximate surface area is 237 Å². The van der Waals surface area contributed by atoms with E-state index in [0.29, 0.717) is 65.0 Å². The summed E-state index contributed by atoms with van der Waals surface area (Å²) in [6.45, 7) is 0. The lowest BCUT2D eigenvalue weighted by atomic mass is 10.0. The Balaban J connectivity index is 1.26. The molecule has 0 unspecified atom stereocenters. The molecule has 2 aromatic heterocycles. The average Bonchev–Trinajstić information content (AvgIpc) is 3.01. The van der Waals surface area contributed by atoms with Crippen molar-refractivity contribution in [3.8, 4) is 22.9 Å². The molecule has 0 radical (unpaired) electrons. The van der Waals surface area contributed by atoms with Crippen LogP contribution >= 0.6 is 0 Å². The second kappa shape index (κ2) is 11.2. The van der Waals surface area contributed by atoms with E-state index in [0.717, 1.165) is 11.4 Å². The molecule has 204 valence electrons. The lowest BCUT2D eigenvalue weighted by molar-refractivity contribution is 0.468. The maximum absolute atomic E-state index is 13.6. The summed E-state index contributed by atoms with van der Waals surface area (Å²) >= 11 is 0. The van der Waals surface area contributed by atoms with E-state index in [1.807, 2.05) is 109 Å². The predicted molar refractivity (Wildman–Crippen MR) is 164 cm³/mol. The molecule has 0 atom stereocenters. The van der Waals surface area contributed by atoms with Crippen LogP contribution in [0.1, 0.15) is 30.4 Å². The van der Waals surface area contributed by atoms with E-state index in [9.17, 15) is 19.8 Å². The van der Waals surface area contributed by atoms with Crippen LogP contribution in [0.5, 0.6) is 11.5 Å². The molecule has 6 aromatic rings. The van der Waals surface area contributed by atoms with Crippen molar-refractivity contribution < 1.29 is 10.2 Å². The topological polar surface area (TPSA) is 84.5 Å². The average molecular weight is 543 g/mol. The lowest BCUT2D eigenvalue weighted by Gasteiger charge is -2.16. The molecule has 0 bridgehead atoms. The fraction of sp³-hybridized carbons (Fsp3) is 0.143. The Hall–Kier alpha value is -5.10. The molecular formula is C35H30N2O4. The minimum Gasteiger partial charge on any atom is -0.507 e. The maximum Gasteiger partial charge on any atom is 0.262 e. The number of fused-ring (bicyclic) bond motifs is 2. The summed E-state index contributed by atoms with van der Waals surface area (Å²) in [4.78, 5) is 27.2. The van der Waals surface area contributed by atoms with Crippen LogP contribution in [-0.2, 0) is 12.8 Å². The zero-order valence-corrected chi connectivity index (χ0v) is 22.5. The lowest BCUT2D eigenvalue weighted by Crippen LogP contribution is -2.23. The van der Waals surface area contributed by atoms with Gasteiger partial charge in [0, 0.05) is 22.1 Å². The number of para-hydroxylation sites is 4. The molecule has 2 N–H and O–H groups in total. The molecule has 0 spiro atoms. The molecule has 41 heavy (non-hydrogen) atoms. The number of pyridine rings is 2. The van der Waals surface area contributed by atoms with Crippen LogP contribution in [-0.4, -0.2) is 19.3 Å². The first-order valence-corrected chi connectivity index (χ1v) is 13.9. The summed E-state index contributed by atoms with van der Waals surface area (Å²) in [5.41, 5.74) is 3.11. The van der Waals surface area contributed by atoms with Gasteiger partial charge in [-0.25, -0.2) is 0 Å². The monoisotopic (exact) mass is 542 g/mol. The van der Waals surface area contributed by atoms with E-state index in [4.69, 9.17) is 0 Å². The molecule has 0 amide bonds. The van der Waals surface area contributed by atoms with E-state index in [2.05, 4.69) is 0 Å². The summed E-state index contributed by atoms with van der Waals surface area (Å²) in [5.74, 6) is 0.0476. The first kappa shape index (κ1) is 26.1. The Morgan fingerprint density at radius 2 is 0.829 bits per heavy atom. The van der Waals surface area contributed by atoms with Gasteiger partial charge in [0.2, 0.25) is 0 Å². The van der Waals surface area contributed by atoms with Gasteiger partial charge in [0.15, 0.2) is 0 Å². The van der Waals surface area contributed by atoms with Crippen LogP contribution in [0, 0.1) is 0 Å². The second-order valence-corrected chi connectivity index (χ2v) is 10.2. The molecule has 0 aliphatic rings. The van der Waals surface area contributed by atoms with Gasteiger partial charge in [0.25, 0.3) is 11.1 Å². The van der Waals surface area contributed by atoms with Gasteiger partial charge >= 0.3 is 0 Å². The van der Waals surface area contributed by atoms with E-state index in [1.54, 1.807) is 9.13 Å². The molecule has 2 heterocycles. The van der Waals surface area contributed by atoms with Gasteiger partial charge in [0.05, 0.1) is 22.2 Å². The van der Waals surface area contributed by atoms with E-state index in [-0.39, 0.29) is 22.6 Å². The molecule has 6 heteroatoms. The third-order valence-electron chi connectivity index (χ3n) is 7.68. The largest absolute Gasteiger partial charge is 0.507 e. The number of aromatic hydroxyl groups is 2. The van der Waals surface area contributed by atoms with Gasteiger partial charge in [-0.2, -0.15) is 0 Å². The molecule has 4 aromatic carbocycles. The molecule has 0 saturated heterocycles. The Morgan fingerprint density at radius 3 is 1.24 bits per heavy atom. The highest BCUT2D eigenvalue weighted by Gasteiger charge is 2.19.